The molecule has 1 heterocycles. The molecule has 1 aromatic heterocycles. The van der Waals surface area contributed by atoms with Crippen LogP contribution in [0.4, 0.5) is 0 Å². The molecule has 1 aromatic carbocycles. The number of methoxy groups -OCH3 is 2. The fraction of sp³-hybridized carbons (Fsp3) is 0.333. The summed E-state index contributed by atoms with van der Waals surface area (Å²) in [5.41, 5.74) is 5.02. The Bertz CT molecular complexity index is 609. The lowest BCUT2D eigenvalue weighted by atomic mass is 10.0. The number of ether oxygens (including phenoxy) is 2. The third-order valence-corrected chi connectivity index (χ3v) is 3.03. The summed E-state index contributed by atoms with van der Waals surface area (Å²) in [4.78, 5) is 8.61. The Morgan fingerprint density at radius 3 is 2.21 bits per heavy atom. The van der Waals surface area contributed by atoms with Gasteiger partial charge >= 0.3 is 6.01 Å². The Labute approximate surface area is 113 Å². The van der Waals surface area contributed by atoms with E-state index in [4.69, 9.17) is 9.47 Å². The molecular weight excluding hydrogens is 240 g/mol. The van der Waals surface area contributed by atoms with Gasteiger partial charge < -0.3 is 9.47 Å². The molecule has 4 heteroatoms. The molecule has 0 N–H and O–H groups in total. The zero-order valence-corrected chi connectivity index (χ0v) is 11.9. The lowest BCUT2D eigenvalue weighted by Gasteiger charge is -2.12. The largest absolute Gasteiger partial charge is 0.496 e. The van der Waals surface area contributed by atoms with E-state index in [1.54, 1.807) is 14.2 Å². The van der Waals surface area contributed by atoms with Crippen LogP contribution >= 0.6 is 0 Å². The van der Waals surface area contributed by atoms with Gasteiger partial charge in [0.25, 0.3) is 0 Å². The van der Waals surface area contributed by atoms with Crippen molar-refractivity contribution >= 4 is 0 Å². The topological polar surface area (TPSA) is 44.2 Å². The first-order valence-corrected chi connectivity index (χ1v) is 6.10. The average molecular weight is 258 g/mol. The van der Waals surface area contributed by atoms with E-state index in [9.17, 15) is 0 Å². The maximum absolute atomic E-state index is 5.33. The van der Waals surface area contributed by atoms with E-state index in [-0.39, 0.29) is 0 Å². The van der Waals surface area contributed by atoms with Gasteiger partial charge in [-0.1, -0.05) is 0 Å². The third-order valence-electron chi connectivity index (χ3n) is 3.03. The molecule has 0 unspecified atom stereocenters. The summed E-state index contributed by atoms with van der Waals surface area (Å²) >= 11 is 0. The van der Waals surface area contributed by atoms with Crippen LogP contribution in [0.5, 0.6) is 11.8 Å². The van der Waals surface area contributed by atoms with Gasteiger partial charge in [0.2, 0.25) is 0 Å². The number of aryl methyl sites for hydroxylation is 3. The minimum atomic E-state index is 0.392. The second-order valence-electron chi connectivity index (χ2n) is 4.52. The Hall–Kier alpha value is -2.10. The smallest absolute Gasteiger partial charge is 0.316 e. The molecular formula is C15H18N2O2. The summed E-state index contributed by atoms with van der Waals surface area (Å²) in [6, 6.07) is 6.45. The van der Waals surface area contributed by atoms with Crippen molar-refractivity contribution in [2.75, 3.05) is 14.2 Å². The first kappa shape index (κ1) is 13.3. The van der Waals surface area contributed by atoms with Gasteiger partial charge in [0.1, 0.15) is 5.75 Å². The van der Waals surface area contributed by atoms with Gasteiger partial charge in [-0.15, -0.1) is 0 Å². The van der Waals surface area contributed by atoms with E-state index < -0.39 is 0 Å². The molecule has 0 atom stereocenters. The predicted octanol–water partition coefficient (Wildman–Crippen LogP) is 3.09. The van der Waals surface area contributed by atoms with E-state index in [0.29, 0.717) is 6.01 Å². The van der Waals surface area contributed by atoms with Crippen molar-refractivity contribution < 1.29 is 9.47 Å². The normalized spacial score (nSPS) is 10.4. The van der Waals surface area contributed by atoms with Gasteiger partial charge in [-0.2, -0.15) is 4.98 Å². The number of hydrogen-bond donors (Lipinski definition) is 0. The van der Waals surface area contributed by atoms with Gasteiger partial charge in [0, 0.05) is 11.3 Å². The molecule has 4 nitrogen and oxygen atoms in total. The summed E-state index contributed by atoms with van der Waals surface area (Å²) in [6.07, 6.45) is 0. The molecule has 0 aliphatic heterocycles. The monoisotopic (exact) mass is 258 g/mol. The Morgan fingerprint density at radius 2 is 1.58 bits per heavy atom. The summed E-state index contributed by atoms with van der Waals surface area (Å²) in [5.74, 6) is 0.888. The van der Waals surface area contributed by atoms with Gasteiger partial charge in [-0.05, 0) is 50.1 Å². The van der Waals surface area contributed by atoms with E-state index in [1.165, 1.54) is 0 Å². The van der Waals surface area contributed by atoms with Crippen LogP contribution in [0.15, 0.2) is 18.2 Å². The average Bonchev–Trinajstić information content (AvgIpc) is 2.40. The summed E-state index contributed by atoms with van der Waals surface area (Å²) in [6.45, 7) is 5.99. The highest BCUT2D eigenvalue weighted by molar-refractivity contribution is 5.66. The van der Waals surface area contributed by atoms with Crippen LogP contribution in [0, 0.1) is 20.8 Å². The molecule has 0 fully saturated rings. The van der Waals surface area contributed by atoms with E-state index >= 15 is 0 Å². The van der Waals surface area contributed by atoms with Gasteiger partial charge in [-0.25, -0.2) is 4.98 Å². The Kier molecular flexibility index (Phi) is 3.69. The van der Waals surface area contributed by atoms with Crippen molar-refractivity contribution in [1.29, 1.82) is 0 Å². The maximum atomic E-state index is 5.33. The molecule has 0 bridgehead atoms. The van der Waals surface area contributed by atoms with E-state index in [1.807, 2.05) is 32.9 Å². The van der Waals surface area contributed by atoms with E-state index in [2.05, 4.69) is 16.0 Å². The number of nitrogens with zero attached hydrogens (tertiary/aromatic N) is 2. The SMILES string of the molecule is COc1nc(C)cc(-c2cc(C)c(OC)cc2C)n1. The molecule has 19 heavy (non-hydrogen) atoms. The molecule has 0 aliphatic rings. The minimum absolute atomic E-state index is 0.392. The van der Waals surface area contributed by atoms with Crippen molar-refractivity contribution in [2.45, 2.75) is 20.8 Å². The fourth-order valence-electron chi connectivity index (χ4n) is 2.06. The summed E-state index contributed by atoms with van der Waals surface area (Å²) in [7, 11) is 3.25. The number of hydrogen-bond acceptors (Lipinski definition) is 4. The first-order chi connectivity index (χ1) is 9.05. The fourth-order valence-corrected chi connectivity index (χ4v) is 2.06. The molecule has 0 amide bonds. The molecule has 0 spiro atoms. The highest BCUT2D eigenvalue weighted by Crippen LogP contribution is 2.29. The quantitative estimate of drug-likeness (QED) is 0.848. The molecule has 0 saturated heterocycles. The molecule has 2 aromatic rings. The molecule has 0 saturated carbocycles. The van der Waals surface area contributed by atoms with Gasteiger partial charge in [0.15, 0.2) is 0 Å². The van der Waals surface area contributed by atoms with Crippen LogP contribution in [0.2, 0.25) is 0 Å². The molecule has 0 aliphatic carbocycles. The standard InChI is InChI=1S/C15H18N2O2/c1-9-7-14(18-4)10(2)6-12(9)13-8-11(3)16-15(17-13)19-5/h6-8H,1-5H3. The molecule has 0 radical (unpaired) electrons. The number of benzene rings is 1. The lowest BCUT2D eigenvalue weighted by molar-refractivity contribution is 0.379. The number of aromatic nitrogens is 2. The highest BCUT2D eigenvalue weighted by atomic mass is 16.5. The Balaban J connectivity index is 2.58. The third kappa shape index (κ3) is 2.67. The summed E-state index contributed by atoms with van der Waals surface area (Å²) < 4.78 is 10.5. The van der Waals surface area contributed by atoms with Crippen molar-refractivity contribution in [1.82, 2.24) is 9.97 Å². The second-order valence-corrected chi connectivity index (χ2v) is 4.52. The van der Waals surface area contributed by atoms with Crippen molar-refractivity contribution in [3.05, 3.63) is 35.0 Å². The number of rotatable bonds is 3. The zero-order valence-electron chi connectivity index (χ0n) is 11.9. The minimum Gasteiger partial charge on any atom is -0.496 e. The first-order valence-electron chi connectivity index (χ1n) is 6.10. The highest BCUT2D eigenvalue weighted by Gasteiger charge is 2.10. The summed E-state index contributed by atoms with van der Waals surface area (Å²) in [5, 5.41) is 0. The van der Waals surface area contributed by atoms with Crippen LogP contribution in [0.1, 0.15) is 16.8 Å². The lowest BCUT2D eigenvalue weighted by Crippen LogP contribution is -1.98. The van der Waals surface area contributed by atoms with Crippen LogP contribution in [-0.4, -0.2) is 24.2 Å². The molecule has 100 valence electrons. The van der Waals surface area contributed by atoms with Gasteiger partial charge in [-0.3, -0.25) is 0 Å². The van der Waals surface area contributed by atoms with Crippen LogP contribution in [-0.2, 0) is 0 Å². The van der Waals surface area contributed by atoms with Crippen LogP contribution < -0.4 is 9.47 Å². The van der Waals surface area contributed by atoms with Crippen molar-refractivity contribution in [3.63, 3.8) is 0 Å². The van der Waals surface area contributed by atoms with Crippen LogP contribution in [0.25, 0.3) is 11.3 Å². The maximum Gasteiger partial charge on any atom is 0.316 e. The van der Waals surface area contributed by atoms with Crippen molar-refractivity contribution in [2.24, 2.45) is 0 Å². The van der Waals surface area contributed by atoms with Crippen molar-refractivity contribution in [3.8, 4) is 23.0 Å². The van der Waals surface area contributed by atoms with E-state index in [0.717, 1.165) is 33.8 Å². The van der Waals surface area contributed by atoms with Crippen LogP contribution in [0.3, 0.4) is 0 Å². The second kappa shape index (κ2) is 5.26. The zero-order chi connectivity index (χ0) is 14.0. The van der Waals surface area contributed by atoms with Gasteiger partial charge in [0.05, 0.1) is 19.9 Å². The Morgan fingerprint density at radius 1 is 0.842 bits per heavy atom. The molecule has 2 rings (SSSR count). The predicted molar refractivity (Wildman–Crippen MR) is 74.8 cm³/mol.